The van der Waals surface area contributed by atoms with Crippen LogP contribution in [-0.2, 0) is 0 Å². The molecule has 1 atom stereocenters. The van der Waals surface area contributed by atoms with Gasteiger partial charge in [-0.3, -0.25) is 14.9 Å². The van der Waals surface area contributed by atoms with Crippen molar-refractivity contribution in [2.24, 2.45) is 0 Å². The summed E-state index contributed by atoms with van der Waals surface area (Å²) in [5, 5.41) is 10.5. The van der Waals surface area contributed by atoms with Crippen LogP contribution < -0.4 is 0 Å². The van der Waals surface area contributed by atoms with Gasteiger partial charge < -0.3 is 0 Å². The van der Waals surface area contributed by atoms with E-state index >= 15 is 0 Å². The number of nitro groups is 1. The van der Waals surface area contributed by atoms with Gasteiger partial charge in [0.05, 0.1) is 11.3 Å². The minimum Gasteiger partial charge on any atom is -0.289 e. The van der Waals surface area contributed by atoms with Gasteiger partial charge in [-0.15, -0.1) is 0 Å². The van der Waals surface area contributed by atoms with Gasteiger partial charge in [-0.25, -0.2) is 0 Å². The summed E-state index contributed by atoms with van der Waals surface area (Å²) in [5.74, 6) is -2.86. The van der Waals surface area contributed by atoms with Crippen LogP contribution in [0.1, 0.15) is 16.8 Å². The number of rotatable bonds is 3. The molecule has 0 aromatic heterocycles. The fraction of sp³-hybridized carbons (Fsp3) is 0.154. The molecule has 4 nitrogen and oxygen atoms in total. The van der Waals surface area contributed by atoms with Gasteiger partial charge >= 0.3 is 5.79 Å². The lowest BCUT2D eigenvalue weighted by atomic mass is 9.95. The zero-order chi connectivity index (χ0) is 13.2. The molecular formula is C13H10FNO3. The van der Waals surface area contributed by atoms with Gasteiger partial charge in [0.25, 0.3) is 0 Å². The van der Waals surface area contributed by atoms with E-state index in [1.54, 1.807) is 30.3 Å². The molecule has 1 unspecified atom stereocenters. The highest BCUT2D eigenvalue weighted by Crippen LogP contribution is 2.26. The van der Waals surface area contributed by atoms with E-state index in [2.05, 4.69) is 0 Å². The molecule has 1 aliphatic rings. The molecule has 0 heterocycles. The highest BCUT2D eigenvalue weighted by atomic mass is 19.1. The zero-order valence-electron chi connectivity index (χ0n) is 9.38. The van der Waals surface area contributed by atoms with Crippen molar-refractivity contribution in [3.63, 3.8) is 0 Å². The molecule has 0 amide bonds. The number of alkyl halides is 1. The molecule has 1 aromatic rings. The maximum absolute atomic E-state index is 13.6. The largest absolute Gasteiger partial charge is 0.381 e. The molecule has 0 bridgehead atoms. The number of allylic oxidation sites excluding steroid dienone is 2. The summed E-state index contributed by atoms with van der Waals surface area (Å²) < 4.78 is 13.6. The fourth-order valence-electron chi connectivity index (χ4n) is 1.67. The molecule has 92 valence electrons. The first-order chi connectivity index (χ1) is 8.53. The quantitative estimate of drug-likeness (QED) is 0.357. The van der Waals surface area contributed by atoms with Crippen molar-refractivity contribution in [1.29, 1.82) is 0 Å². The van der Waals surface area contributed by atoms with E-state index < -0.39 is 17.1 Å². The molecule has 0 aliphatic heterocycles. The van der Waals surface area contributed by atoms with Gasteiger partial charge in [0.15, 0.2) is 5.78 Å². The normalized spacial score (nSPS) is 22.4. The summed E-state index contributed by atoms with van der Waals surface area (Å²) in [4.78, 5) is 21.5. The smallest absolute Gasteiger partial charge is 0.289 e. The highest BCUT2D eigenvalue weighted by Gasteiger charge is 2.41. The number of nitrogens with zero attached hydrogens (tertiary/aromatic N) is 1. The number of Topliss-reactive ketones (excluding diaryl/α,β-unsaturated/α-hetero) is 1. The SMILES string of the molecule is O=C(C1=CCC(F)([N+](=O)[O-])C=C1)c1ccccc1. The summed E-state index contributed by atoms with van der Waals surface area (Å²) in [6, 6.07) is 8.50. The molecule has 0 saturated heterocycles. The molecule has 0 spiro atoms. The van der Waals surface area contributed by atoms with Gasteiger partial charge in [0.2, 0.25) is 0 Å². The minimum atomic E-state index is -2.60. The standard InChI is InChI=1S/C13H10FNO3/c14-13(15(17)18)8-6-11(7-9-13)12(16)10-4-2-1-3-5-10/h1-8H,9H2. The molecule has 2 rings (SSSR count). The summed E-state index contributed by atoms with van der Waals surface area (Å²) in [7, 11) is 0. The van der Waals surface area contributed by atoms with Gasteiger partial charge in [-0.05, 0) is 6.08 Å². The molecule has 1 aliphatic carbocycles. The number of halogens is 1. The topological polar surface area (TPSA) is 60.2 Å². The number of ketones is 1. The predicted octanol–water partition coefficient (Wildman–Crippen LogP) is 2.70. The lowest BCUT2D eigenvalue weighted by Gasteiger charge is -2.15. The lowest BCUT2D eigenvalue weighted by molar-refractivity contribution is -0.588. The molecule has 0 radical (unpaired) electrons. The minimum absolute atomic E-state index is 0.266. The van der Waals surface area contributed by atoms with Crippen LogP contribution in [0.5, 0.6) is 0 Å². The summed E-state index contributed by atoms with van der Waals surface area (Å²) in [5.41, 5.74) is 0.747. The van der Waals surface area contributed by atoms with E-state index in [0.717, 1.165) is 6.08 Å². The number of carbonyl (C=O) groups is 1. The van der Waals surface area contributed by atoms with Crippen molar-refractivity contribution in [2.75, 3.05) is 0 Å². The van der Waals surface area contributed by atoms with E-state index in [-0.39, 0.29) is 11.4 Å². The third-order valence-corrected chi connectivity index (χ3v) is 2.73. The molecular weight excluding hydrogens is 237 g/mol. The third-order valence-electron chi connectivity index (χ3n) is 2.73. The van der Waals surface area contributed by atoms with Crippen molar-refractivity contribution < 1.29 is 14.1 Å². The number of hydrogen-bond acceptors (Lipinski definition) is 3. The Kier molecular flexibility index (Phi) is 3.06. The van der Waals surface area contributed by atoms with E-state index in [4.69, 9.17) is 0 Å². The van der Waals surface area contributed by atoms with Crippen LogP contribution in [0.3, 0.4) is 0 Å². The number of benzene rings is 1. The van der Waals surface area contributed by atoms with E-state index in [1.165, 1.54) is 12.2 Å². The van der Waals surface area contributed by atoms with Gasteiger partial charge in [-0.1, -0.05) is 36.4 Å². The first kappa shape index (κ1) is 12.2. The Labute approximate surface area is 103 Å². The Morgan fingerprint density at radius 2 is 2.00 bits per heavy atom. The first-order valence-electron chi connectivity index (χ1n) is 5.35. The van der Waals surface area contributed by atoms with Crippen molar-refractivity contribution in [3.8, 4) is 0 Å². The van der Waals surface area contributed by atoms with Crippen LogP contribution >= 0.6 is 0 Å². The maximum atomic E-state index is 13.6. The van der Waals surface area contributed by atoms with Gasteiger partial charge in [-0.2, -0.15) is 4.39 Å². The summed E-state index contributed by atoms with van der Waals surface area (Å²) >= 11 is 0. The first-order valence-corrected chi connectivity index (χ1v) is 5.35. The second-order valence-electron chi connectivity index (χ2n) is 3.97. The van der Waals surface area contributed by atoms with E-state index in [9.17, 15) is 19.3 Å². The average Bonchev–Trinajstić information content (AvgIpc) is 2.40. The second kappa shape index (κ2) is 4.52. The van der Waals surface area contributed by atoms with Crippen molar-refractivity contribution in [1.82, 2.24) is 0 Å². The monoisotopic (exact) mass is 247 g/mol. The van der Waals surface area contributed by atoms with Crippen LogP contribution in [0.15, 0.2) is 54.1 Å². The molecule has 0 saturated carbocycles. The average molecular weight is 247 g/mol. The van der Waals surface area contributed by atoms with Crippen LogP contribution in [-0.4, -0.2) is 16.5 Å². The van der Waals surface area contributed by atoms with Crippen LogP contribution in [0.2, 0.25) is 0 Å². The predicted molar refractivity (Wildman–Crippen MR) is 63.4 cm³/mol. The van der Waals surface area contributed by atoms with Crippen molar-refractivity contribution >= 4 is 5.78 Å². The van der Waals surface area contributed by atoms with E-state index in [0.29, 0.717) is 5.56 Å². The summed E-state index contributed by atoms with van der Waals surface area (Å²) in [6.07, 6.45) is 2.83. The maximum Gasteiger partial charge on any atom is 0.381 e. The molecule has 18 heavy (non-hydrogen) atoms. The Morgan fingerprint density at radius 3 is 2.50 bits per heavy atom. The van der Waals surface area contributed by atoms with Crippen LogP contribution in [0.4, 0.5) is 4.39 Å². The number of carbonyl (C=O) groups excluding carboxylic acids is 1. The Bertz CT molecular complexity index is 551. The molecule has 5 heteroatoms. The highest BCUT2D eigenvalue weighted by molar-refractivity contribution is 6.10. The molecule has 1 aromatic carbocycles. The Morgan fingerprint density at radius 1 is 1.33 bits per heavy atom. The molecule has 0 fully saturated rings. The van der Waals surface area contributed by atoms with Gasteiger partial charge in [0, 0.05) is 17.2 Å². The second-order valence-corrected chi connectivity index (χ2v) is 3.97. The van der Waals surface area contributed by atoms with Gasteiger partial charge in [0.1, 0.15) is 0 Å². The number of hydrogen-bond donors (Lipinski definition) is 0. The Balaban J connectivity index is 2.20. The summed E-state index contributed by atoms with van der Waals surface area (Å²) in [6.45, 7) is 0. The molecule has 0 N–H and O–H groups in total. The third kappa shape index (κ3) is 2.20. The van der Waals surface area contributed by atoms with Crippen molar-refractivity contribution in [3.05, 3.63) is 69.8 Å². The lowest BCUT2D eigenvalue weighted by Crippen LogP contribution is -2.31. The fourth-order valence-corrected chi connectivity index (χ4v) is 1.67. The van der Waals surface area contributed by atoms with Crippen molar-refractivity contribution in [2.45, 2.75) is 12.2 Å². The van der Waals surface area contributed by atoms with E-state index in [1.807, 2.05) is 0 Å². The zero-order valence-corrected chi connectivity index (χ0v) is 9.38. The van der Waals surface area contributed by atoms with Crippen LogP contribution in [0, 0.1) is 10.1 Å². The van der Waals surface area contributed by atoms with Crippen LogP contribution in [0.25, 0.3) is 0 Å². The Hall–Kier alpha value is -2.30.